The van der Waals surface area contributed by atoms with E-state index < -0.39 is 11.7 Å². The van der Waals surface area contributed by atoms with Gasteiger partial charge in [0.25, 0.3) is 5.91 Å². The van der Waals surface area contributed by atoms with Crippen molar-refractivity contribution in [2.75, 3.05) is 18.5 Å². The molecule has 0 aliphatic carbocycles. The maximum atomic E-state index is 13.0. The Kier molecular flexibility index (Phi) is 6.50. The minimum Gasteiger partial charge on any atom is -0.504 e. The predicted molar refractivity (Wildman–Crippen MR) is 114 cm³/mol. The highest BCUT2D eigenvalue weighted by Gasteiger charge is 2.33. The number of phenolic OH excluding ortho intramolecular Hbond substituents is 1. The molecule has 1 heterocycles. The van der Waals surface area contributed by atoms with E-state index in [1.165, 1.54) is 35.2 Å². The molecule has 2 aromatic carbocycles. The molecule has 0 radical (unpaired) electrons. The Bertz CT molecular complexity index is 992. The van der Waals surface area contributed by atoms with Gasteiger partial charge >= 0.3 is 0 Å². The summed E-state index contributed by atoms with van der Waals surface area (Å²) in [4.78, 5) is 26.5. The van der Waals surface area contributed by atoms with Gasteiger partial charge < -0.3 is 15.2 Å². The van der Waals surface area contributed by atoms with Crippen LogP contribution in [0, 0.1) is 5.82 Å². The molecule has 0 atom stereocenters. The number of ether oxygens (including phenoxy) is 1. The highest BCUT2D eigenvalue weighted by atomic mass is 32.2. The summed E-state index contributed by atoms with van der Waals surface area (Å²) in [6, 6.07) is 10.1. The maximum Gasteiger partial charge on any atom is 0.266 e. The van der Waals surface area contributed by atoms with Crippen molar-refractivity contribution in [3.05, 3.63) is 58.8 Å². The number of aromatic hydroxyl groups is 1. The van der Waals surface area contributed by atoms with Crippen molar-refractivity contribution in [2.24, 2.45) is 0 Å². The molecule has 1 aliphatic heterocycles. The molecule has 0 bridgehead atoms. The fourth-order valence-electron chi connectivity index (χ4n) is 2.56. The first-order valence-corrected chi connectivity index (χ1v) is 9.86. The number of carbonyl (C=O) groups is 2. The van der Waals surface area contributed by atoms with Crippen molar-refractivity contribution in [3.8, 4) is 11.5 Å². The zero-order valence-electron chi connectivity index (χ0n) is 15.3. The molecule has 3 rings (SSSR count). The number of thioether (sulfide) groups is 1. The van der Waals surface area contributed by atoms with Crippen LogP contribution in [-0.2, 0) is 9.59 Å². The van der Waals surface area contributed by atoms with Gasteiger partial charge in [0.2, 0.25) is 5.91 Å². The van der Waals surface area contributed by atoms with Crippen LogP contribution >= 0.6 is 24.0 Å². The van der Waals surface area contributed by atoms with Gasteiger partial charge in [-0.3, -0.25) is 14.5 Å². The van der Waals surface area contributed by atoms with E-state index in [9.17, 15) is 19.1 Å². The summed E-state index contributed by atoms with van der Waals surface area (Å²) in [6.07, 6.45) is 1.62. The average Bonchev–Trinajstić information content (AvgIpc) is 2.94. The monoisotopic (exact) mass is 432 g/mol. The minimum absolute atomic E-state index is 0.00835. The number of thiocarbonyl (C=S) groups is 1. The predicted octanol–water partition coefficient (Wildman–Crippen LogP) is 3.77. The van der Waals surface area contributed by atoms with E-state index in [1.807, 2.05) is 0 Å². The third-order valence-corrected chi connectivity index (χ3v) is 5.26. The lowest BCUT2D eigenvalue weighted by molar-refractivity contribution is -0.126. The molecule has 1 saturated heterocycles. The molecule has 6 nitrogen and oxygen atoms in total. The molecule has 2 N–H and O–H groups in total. The van der Waals surface area contributed by atoms with Gasteiger partial charge in [0.1, 0.15) is 16.7 Å². The van der Waals surface area contributed by atoms with E-state index >= 15 is 0 Å². The van der Waals surface area contributed by atoms with E-state index in [0.717, 1.165) is 11.8 Å². The summed E-state index contributed by atoms with van der Waals surface area (Å²) in [7, 11) is 0. The quantitative estimate of drug-likeness (QED) is 0.534. The summed E-state index contributed by atoms with van der Waals surface area (Å²) >= 11 is 6.32. The lowest BCUT2D eigenvalue weighted by Crippen LogP contribution is -2.36. The lowest BCUT2D eigenvalue weighted by atomic mass is 10.2. The van der Waals surface area contributed by atoms with Gasteiger partial charge in [-0.2, -0.15) is 0 Å². The second-order valence-corrected chi connectivity index (χ2v) is 7.66. The van der Waals surface area contributed by atoms with Crippen LogP contribution in [0.3, 0.4) is 0 Å². The first-order chi connectivity index (χ1) is 13.9. The first-order valence-electron chi connectivity index (χ1n) is 8.64. The summed E-state index contributed by atoms with van der Waals surface area (Å²) < 4.78 is 18.6. The molecule has 150 valence electrons. The molecular weight excluding hydrogens is 415 g/mol. The number of hydrogen-bond acceptors (Lipinski definition) is 6. The lowest BCUT2D eigenvalue weighted by Gasteiger charge is -2.14. The fraction of sp³-hybridized carbons (Fsp3) is 0.150. The third kappa shape index (κ3) is 5.12. The topological polar surface area (TPSA) is 78.9 Å². The zero-order valence-corrected chi connectivity index (χ0v) is 17.0. The molecule has 29 heavy (non-hydrogen) atoms. The van der Waals surface area contributed by atoms with Crippen LogP contribution in [0.4, 0.5) is 10.1 Å². The Morgan fingerprint density at radius 2 is 2.03 bits per heavy atom. The Hall–Kier alpha value is -2.91. The molecule has 2 amide bonds. The highest BCUT2D eigenvalue weighted by molar-refractivity contribution is 8.26. The van der Waals surface area contributed by atoms with Gasteiger partial charge in [0.05, 0.1) is 11.5 Å². The van der Waals surface area contributed by atoms with Crippen molar-refractivity contribution < 1.29 is 23.8 Å². The molecule has 1 aliphatic rings. The summed E-state index contributed by atoms with van der Waals surface area (Å²) in [6.45, 7) is 1.94. The zero-order chi connectivity index (χ0) is 21.0. The van der Waals surface area contributed by atoms with Crippen LogP contribution < -0.4 is 10.1 Å². The molecule has 0 saturated carbocycles. The molecule has 0 spiro atoms. The summed E-state index contributed by atoms with van der Waals surface area (Å²) in [5.74, 6) is -0.922. The number of nitrogens with zero attached hydrogens (tertiary/aromatic N) is 1. The van der Waals surface area contributed by atoms with Crippen LogP contribution in [0.1, 0.15) is 12.5 Å². The molecule has 0 unspecified atom stereocenters. The molecule has 9 heteroatoms. The number of amides is 2. The molecular formula is C20H17FN2O4S2. The normalized spacial score (nSPS) is 15.1. The number of hydrogen-bond donors (Lipinski definition) is 2. The number of carbonyl (C=O) groups excluding carboxylic acids is 2. The van der Waals surface area contributed by atoms with Crippen LogP contribution in [-0.4, -0.2) is 39.3 Å². The smallest absolute Gasteiger partial charge is 0.266 e. The maximum absolute atomic E-state index is 13.0. The van der Waals surface area contributed by atoms with Crippen LogP contribution in [0.2, 0.25) is 0 Å². The number of nitrogens with one attached hydrogen (secondary N) is 1. The highest BCUT2D eigenvalue weighted by Crippen LogP contribution is 2.34. The number of rotatable bonds is 6. The molecule has 2 aromatic rings. The second kappa shape index (κ2) is 9.06. The van der Waals surface area contributed by atoms with Crippen molar-refractivity contribution >= 4 is 51.9 Å². The average molecular weight is 432 g/mol. The third-order valence-electron chi connectivity index (χ3n) is 3.88. The van der Waals surface area contributed by atoms with Gasteiger partial charge in [-0.1, -0.05) is 30.0 Å². The number of halogens is 1. The number of phenols is 1. The number of anilines is 1. The van der Waals surface area contributed by atoms with Gasteiger partial charge in [-0.25, -0.2) is 4.39 Å². The first kappa shape index (κ1) is 20.8. The van der Waals surface area contributed by atoms with Crippen molar-refractivity contribution in [3.63, 3.8) is 0 Å². The fourth-order valence-corrected chi connectivity index (χ4v) is 3.81. The molecule has 0 aromatic heterocycles. The SMILES string of the molecule is CCOc1cc(/C=C2\SC(=S)N(CC(=O)Nc3ccc(F)cc3)C2=O)ccc1O. The minimum atomic E-state index is -0.447. The van der Waals surface area contributed by atoms with Crippen molar-refractivity contribution in [2.45, 2.75) is 6.92 Å². The van der Waals surface area contributed by atoms with Crippen molar-refractivity contribution in [1.82, 2.24) is 4.90 Å². The van der Waals surface area contributed by atoms with E-state index in [-0.39, 0.29) is 22.5 Å². The van der Waals surface area contributed by atoms with Crippen LogP contribution in [0.25, 0.3) is 6.08 Å². The largest absolute Gasteiger partial charge is 0.504 e. The summed E-state index contributed by atoms with van der Waals surface area (Å²) in [5, 5.41) is 12.4. The van der Waals surface area contributed by atoms with Crippen LogP contribution in [0.15, 0.2) is 47.4 Å². The number of benzene rings is 2. The Balaban J connectivity index is 1.70. The van der Waals surface area contributed by atoms with E-state index in [4.69, 9.17) is 17.0 Å². The van der Waals surface area contributed by atoms with E-state index in [1.54, 1.807) is 25.1 Å². The van der Waals surface area contributed by atoms with Gasteiger partial charge in [-0.15, -0.1) is 0 Å². The van der Waals surface area contributed by atoms with Crippen LogP contribution in [0.5, 0.6) is 11.5 Å². The van der Waals surface area contributed by atoms with E-state index in [2.05, 4.69) is 5.32 Å². The Morgan fingerprint density at radius 1 is 1.31 bits per heavy atom. The molecule has 1 fully saturated rings. The summed E-state index contributed by atoms with van der Waals surface area (Å²) in [5.41, 5.74) is 1.08. The standard InChI is InChI=1S/C20H17FN2O4S2/c1-2-27-16-9-12(3-8-15(16)24)10-17-19(26)23(20(28)29-17)11-18(25)22-14-6-4-13(21)5-7-14/h3-10,24H,2,11H2,1H3,(H,22,25)/b17-10-. The Labute approximate surface area is 176 Å². The second-order valence-electron chi connectivity index (χ2n) is 5.98. The Morgan fingerprint density at radius 3 is 2.72 bits per heavy atom. The van der Waals surface area contributed by atoms with E-state index in [0.29, 0.717) is 28.5 Å². The van der Waals surface area contributed by atoms with Crippen molar-refractivity contribution in [1.29, 1.82) is 0 Å². The van der Waals surface area contributed by atoms with Gasteiger partial charge in [0.15, 0.2) is 11.5 Å². The van der Waals surface area contributed by atoms with Gasteiger partial charge in [0, 0.05) is 5.69 Å². The van der Waals surface area contributed by atoms with Gasteiger partial charge in [-0.05, 0) is 55.0 Å².